The topological polar surface area (TPSA) is 99.4 Å². The molecule has 1 aromatic heterocycles. The summed E-state index contributed by atoms with van der Waals surface area (Å²) in [5.74, 6) is -0.402. The standard InChI is InChI=1S/C28H25F3N4O3/c1-37-23-13-22-21(12-24(23)38-20-10-11-33-14-20)26(35-15-34-22)18-4-2-16(3-5-18)25(27(32)36)17-6-8-19(9-7-17)28(29,30)31/h2-9,12-13,15,20,25,33H,10-11,14H2,1H3,(H2,32,36). The van der Waals surface area contributed by atoms with Gasteiger partial charge >= 0.3 is 6.18 Å². The molecular formula is C28H25F3N4O3. The van der Waals surface area contributed by atoms with Gasteiger partial charge in [-0.15, -0.1) is 0 Å². The van der Waals surface area contributed by atoms with E-state index in [2.05, 4.69) is 15.3 Å². The molecule has 0 saturated carbocycles. The summed E-state index contributed by atoms with van der Waals surface area (Å²) >= 11 is 0. The van der Waals surface area contributed by atoms with Gasteiger partial charge in [0.1, 0.15) is 12.4 Å². The molecule has 7 nitrogen and oxygen atoms in total. The molecule has 2 heterocycles. The van der Waals surface area contributed by atoms with Gasteiger partial charge in [0, 0.05) is 23.6 Å². The highest BCUT2D eigenvalue weighted by molar-refractivity contribution is 5.94. The van der Waals surface area contributed by atoms with E-state index >= 15 is 0 Å². The first-order chi connectivity index (χ1) is 18.2. The minimum absolute atomic E-state index is 0.0321. The second-order valence-corrected chi connectivity index (χ2v) is 9.05. The normalized spacial score (nSPS) is 16.4. The summed E-state index contributed by atoms with van der Waals surface area (Å²) in [7, 11) is 1.58. The number of hydrogen-bond donors (Lipinski definition) is 2. The number of fused-ring (bicyclic) bond motifs is 1. The highest BCUT2D eigenvalue weighted by Crippen LogP contribution is 2.37. The predicted molar refractivity (Wildman–Crippen MR) is 136 cm³/mol. The van der Waals surface area contributed by atoms with Crippen LogP contribution in [0, 0.1) is 0 Å². The molecule has 2 atom stereocenters. The maximum Gasteiger partial charge on any atom is 0.416 e. The highest BCUT2D eigenvalue weighted by Gasteiger charge is 2.31. The lowest BCUT2D eigenvalue weighted by Gasteiger charge is -2.17. The van der Waals surface area contributed by atoms with Crippen LogP contribution < -0.4 is 20.5 Å². The number of halogens is 3. The van der Waals surface area contributed by atoms with Crippen molar-refractivity contribution in [1.82, 2.24) is 15.3 Å². The van der Waals surface area contributed by atoms with Crippen LogP contribution >= 0.6 is 0 Å². The fraction of sp³-hybridized carbons (Fsp3) is 0.250. The predicted octanol–water partition coefficient (Wildman–Crippen LogP) is 4.68. The molecule has 0 radical (unpaired) electrons. The van der Waals surface area contributed by atoms with Crippen LogP contribution in [0.4, 0.5) is 13.2 Å². The molecule has 0 spiro atoms. The van der Waals surface area contributed by atoms with Crippen LogP contribution in [0.25, 0.3) is 22.2 Å². The third-order valence-corrected chi connectivity index (χ3v) is 6.60. The van der Waals surface area contributed by atoms with Gasteiger partial charge in [-0.1, -0.05) is 36.4 Å². The van der Waals surface area contributed by atoms with Crippen LogP contribution in [0.5, 0.6) is 11.5 Å². The average Bonchev–Trinajstić information content (AvgIpc) is 3.41. The number of methoxy groups -OCH3 is 1. The number of benzene rings is 3. The van der Waals surface area contributed by atoms with Gasteiger partial charge in [-0.2, -0.15) is 13.2 Å². The molecular weight excluding hydrogens is 497 g/mol. The molecule has 196 valence electrons. The van der Waals surface area contributed by atoms with Crippen molar-refractivity contribution in [3.8, 4) is 22.8 Å². The summed E-state index contributed by atoms with van der Waals surface area (Å²) < 4.78 is 50.6. The molecule has 1 aliphatic heterocycles. The van der Waals surface area contributed by atoms with E-state index in [1.807, 2.05) is 6.07 Å². The van der Waals surface area contributed by atoms with Crippen LogP contribution in [0.1, 0.15) is 29.0 Å². The Bertz CT molecular complexity index is 1450. The SMILES string of the molecule is COc1cc2ncnc(-c3ccc(C(C(N)=O)c4ccc(C(F)(F)F)cc4)cc3)c2cc1OC1CCNC1. The maximum atomic E-state index is 13.0. The van der Waals surface area contributed by atoms with Crippen LogP contribution in [0.3, 0.4) is 0 Å². The van der Waals surface area contributed by atoms with Crippen molar-refractivity contribution in [3.05, 3.63) is 83.7 Å². The van der Waals surface area contributed by atoms with E-state index in [1.54, 1.807) is 37.4 Å². The number of hydrogen-bond acceptors (Lipinski definition) is 6. The minimum Gasteiger partial charge on any atom is -0.493 e. The van der Waals surface area contributed by atoms with E-state index in [9.17, 15) is 18.0 Å². The Balaban J connectivity index is 1.49. The number of amides is 1. The second-order valence-electron chi connectivity index (χ2n) is 9.05. The van der Waals surface area contributed by atoms with E-state index < -0.39 is 23.6 Å². The van der Waals surface area contributed by atoms with E-state index in [-0.39, 0.29) is 6.10 Å². The van der Waals surface area contributed by atoms with Crippen LogP contribution in [0.2, 0.25) is 0 Å². The van der Waals surface area contributed by atoms with Crippen molar-refractivity contribution >= 4 is 16.8 Å². The van der Waals surface area contributed by atoms with E-state index in [0.717, 1.165) is 42.6 Å². The number of carbonyl (C=O) groups excluding carboxylic acids is 1. The lowest BCUT2D eigenvalue weighted by atomic mass is 9.89. The molecule has 0 bridgehead atoms. The quantitative estimate of drug-likeness (QED) is 0.366. The zero-order valence-corrected chi connectivity index (χ0v) is 20.5. The molecule has 4 aromatic rings. The van der Waals surface area contributed by atoms with Crippen molar-refractivity contribution in [2.45, 2.75) is 24.6 Å². The molecule has 0 aliphatic carbocycles. The Morgan fingerprint density at radius 3 is 2.29 bits per heavy atom. The largest absolute Gasteiger partial charge is 0.493 e. The van der Waals surface area contributed by atoms with Crippen molar-refractivity contribution in [3.63, 3.8) is 0 Å². The van der Waals surface area contributed by atoms with Gasteiger partial charge in [-0.3, -0.25) is 4.79 Å². The molecule has 38 heavy (non-hydrogen) atoms. The van der Waals surface area contributed by atoms with Gasteiger partial charge in [0.15, 0.2) is 11.5 Å². The number of nitrogens with one attached hydrogen (secondary N) is 1. The lowest BCUT2D eigenvalue weighted by molar-refractivity contribution is -0.137. The molecule has 1 aliphatic rings. The molecule has 1 fully saturated rings. The molecule has 1 amide bonds. The third-order valence-electron chi connectivity index (χ3n) is 6.60. The van der Waals surface area contributed by atoms with Crippen LogP contribution in [0.15, 0.2) is 67.0 Å². The first-order valence-corrected chi connectivity index (χ1v) is 12.0. The summed E-state index contributed by atoms with van der Waals surface area (Å²) in [5.41, 5.74) is 7.88. The van der Waals surface area contributed by atoms with Crippen LogP contribution in [-0.2, 0) is 11.0 Å². The third kappa shape index (κ3) is 5.12. The number of alkyl halides is 3. The monoisotopic (exact) mass is 522 g/mol. The Morgan fingerprint density at radius 1 is 1.03 bits per heavy atom. The van der Waals surface area contributed by atoms with Gasteiger partial charge in [0.2, 0.25) is 5.91 Å². The maximum absolute atomic E-state index is 13.0. The average molecular weight is 523 g/mol. The van der Waals surface area contributed by atoms with Crippen molar-refractivity contribution in [1.29, 1.82) is 0 Å². The number of rotatable bonds is 7. The molecule has 5 rings (SSSR count). The Hall–Kier alpha value is -4.18. The van der Waals surface area contributed by atoms with E-state index in [4.69, 9.17) is 15.2 Å². The van der Waals surface area contributed by atoms with Gasteiger partial charge in [-0.25, -0.2) is 9.97 Å². The van der Waals surface area contributed by atoms with Gasteiger partial charge in [0.05, 0.1) is 29.8 Å². The molecule has 3 N–H and O–H groups in total. The minimum atomic E-state index is -4.47. The second kappa shape index (κ2) is 10.3. The van der Waals surface area contributed by atoms with Gasteiger partial charge in [0.25, 0.3) is 0 Å². The summed E-state index contributed by atoms with van der Waals surface area (Å²) in [5, 5.41) is 4.03. The summed E-state index contributed by atoms with van der Waals surface area (Å²) in [6.07, 6.45) is -2.09. The summed E-state index contributed by atoms with van der Waals surface area (Å²) in [6, 6.07) is 15.2. The van der Waals surface area contributed by atoms with Crippen molar-refractivity contribution < 1.29 is 27.4 Å². The van der Waals surface area contributed by atoms with E-state index in [0.29, 0.717) is 33.8 Å². The number of aromatic nitrogens is 2. The number of primary amides is 1. The molecule has 3 aromatic carbocycles. The number of carbonyl (C=O) groups is 1. The zero-order chi connectivity index (χ0) is 26.9. The lowest BCUT2D eigenvalue weighted by Crippen LogP contribution is -2.22. The molecule has 2 unspecified atom stereocenters. The van der Waals surface area contributed by atoms with Gasteiger partial charge < -0.3 is 20.5 Å². The number of ether oxygens (including phenoxy) is 2. The van der Waals surface area contributed by atoms with Crippen molar-refractivity contribution in [2.24, 2.45) is 5.73 Å². The van der Waals surface area contributed by atoms with E-state index in [1.165, 1.54) is 18.5 Å². The number of nitrogens with zero attached hydrogens (tertiary/aromatic N) is 2. The Kier molecular flexibility index (Phi) is 6.90. The van der Waals surface area contributed by atoms with Crippen LogP contribution in [-0.4, -0.2) is 42.2 Å². The molecule has 10 heteroatoms. The smallest absolute Gasteiger partial charge is 0.416 e. The number of nitrogens with two attached hydrogens (primary N) is 1. The highest BCUT2D eigenvalue weighted by atomic mass is 19.4. The first kappa shape index (κ1) is 25.5. The first-order valence-electron chi connectivity index (χ1n) is 12.0. The fourth-order valence-electron chi connectivity index (χ4n) is 4.67. The zero-order valence-electron chi connectivity index (χ0n) is 20.5. The molecule has 1 saturated heterocycles. The summed E-state index contributed by atoms with van der Waals surface area (Å²) in [4.78, 5) is 21.2. The Morgan fingerprint density at radius 2 is 1.71 bits per heavy atom. The van der Waals surface area contributed by atoms with Gasteiger partial charge in [-0.05, 0) is 42.3 Å². The van der Waals surface area contributed by atoms with Crippen molar-refractivity contribution in [2.75, 3.05) is 20.2 Å². The summed E-state index contributed by atoms with van der Waals surface area (Å²) in [6.45, 7) is 1.64. The fourth-order valence-corrected chi connectivity index (χ4v) is 4.67. The Labute approximate surface area is 216 Å².